The molecule has 2 rings (SSSR count). The second kappa shape index (κ2) is 10.7. The highest BCUT2D eigenvalue weighted by molar-refractivity contribution is 6.31. The number of hydrogen-bond donors (Lipinski definition) is 0. The number of nitrogens with zero attached hydrogens (tertiary/aromatic N) is 1. The van der Waals surface area contributed by atoms with Crippen molar-refractivity contribution in [1.82, 2.24) is 0 Å². The number of carbonyl (C=O) groups is 1. The molecular weight excluding hydrogens is 366 g/mol. The fourth-order valence-corrected chi connectivity index (χ4v) is 2.74. The zero-order valence-electron chi connectivity index (χ0n) is 15.8. The van der Waals surface area contributed by atoms with Crippen LogP contribution in [0.2, 0.25) is 5.02 Å². The van der Waals surface area contributed by atoms with Crippen LogP contribution in [0.15, 0.2) is 53.7 Å². The molecule has 0 radical (unpaired) electrons. The van der Waals surface area contributed by atoms with E-state index in [9.17, 15) is 4.79 Å². The average Bonchev–Trinajstić information content (AvgIpc) is 2.68. The van der Waals surface area contributed by atoms with Gasteiger partial charge >= 0.3 is 5.97 Å². The van der Waals surface area contributed by atoms with Crippen LogP contribution in [0.3, 0.4) is 0 Å². The van der Waals surface area contributed by atoms with E-state index in [-0.39, 0.29) is 5.97 Å². The van der Waals surface area contributed by atoms with Crippen molar-refractivity contribution in [2.45, 2.75) is 33.0 Å². The number of esters is 1. The Morgan fingerprint density at radius 1 is 1.19 bits per heavy atom. The Morgan fingerprint density at radius 2 is 1.96 bits per heavy atom. The van der Waals surface area contributed by atoms with Crippen molar-refractivity contribution in [3.8, 4) is 0 Å². The van der Waals surface area contributed by atoms with Gasteiger partial charge in [0.25, 0.3) is 0 Å². The summed E-state index contributed by atoms with van der Waals surface area (Å²) in [6.07, 6.45) is -0.189. The van der Waals surface area contributed by atoms with Gasteiger partial charge < -0.3 is 14.3 Å². The molecule has 5 nitrogen and oxygen atoms in total. The third kappa shape index (κ3) is 6.38. The van der Waals surface area contributed by atoms with Gasteiger partial charge in [-0.2, -0.15) is 0 Å². The van der Waals surface area contributed by atoms with E-state index in [0.717, 1.165) is 22.4 Å². The van der Waals surface area contributed by atoms with Crippen molar-refractivity contribution in [2.24, 2.45) is 5.16 Å². The SMILES string of the molecule is CCO[C@@H](Cc1cccc(/C(C)=N/OCc2ccccc2Cl)c1)C(=O)OC. The summed E-state index contributed by atoms with van der Waals surface area (Å²) in [5.41, 5.74) is 3.47. The number of halogens is 1. The molecule has 6 heteroatoms. The van der Waals surface area contributed by atoms with Crippen molar-refractivity contribution in [1.29, 1.82) is 0 Å². The summed E-state index contributed by atoms with van der Waals surface area (Å²) >= 11 is 6.11. The fraction of sp³-hybridized carbons (Fsp3) is 0.333. The predicted octanol–water partition coefficient (Wildman–Crippen LogP) is 4.40. The smallest absolute Gasteiger partial charge is 0.335 e. The third-order valence-corrected chi connectivity index (χ3v) is 4.35. The first-order chi connectivity index (χ1) is 13.0. The molecule has 27 heavy (non-hydrogen) atoms. The third-order valence-electron chi connectivity index (χ3n) is 3.98. The molecule has 2 aromatic rings. The molecule has 0 saturated carbocycles. The van der Waals surface area contributed by atoms with Gasteiger partial charge in [0.15, 0.2) is 6.10 Å². The highest BCUT2D eigenvalue weighted by atomic mass is 35.5. The first kappa shape index (κ1) is 20.9. The van der Waals surface area contributed by atoms with E-state index in [1.165, 1.54) is 7.11 Å². The summed E-state index contributed by atoms with van der Waals surface area (Å²) < 4.78 is 10.3. The van der Waals surface area contributed by atoms with Gasteiger partial charge in [-0.1, -0.05) is 53.2 Å². The Hall–Kier alpha value is -2.37. The maximum Gasteiger partial charge on any atom is 0.335 e. The first-order valence-corrected chi connectivity index (χ1v) is 9.11. The maximum absolute atomic E-state index is 11.8. The largest absolute Gasteiger partial charge is 0.467 e. The normalized spacial score (nSPS) is 12.5. The summed E-state index contributed by atoms with van der Waals surface area (Å²) in [4.78, 5) is 17.3. The molecule has 0 aliphatic rings. The van der Waals surface area contributed by atoms with E-state index in [2.05, 4.69) is 5.16 Å². The molecule has 144 valence electrons. The van der Waals surface area contributed by atoms with Gasteiger partial charge in [-0.25, -0.2) is 4.79 Å². The Balaban J connectivity index is 2.04. The Bertz CT molecular complexity index is 791. The van der Waals surface area contributed by atoms with Gasteiger partial charge in [-0.15, -0.1) is 0 Å². The number of rotatable bonds is 9. The highest BCUT2D eigenvalue weighted by Crippen LogP contribution is 2.16. The lowest BCUT2D eigenvalue weighted by atomic mass is 10.0. The first-order valence-electron chi connectivity index (χ1n) is 8.73. The van der Waals surface area contributed by atoms with Gasteiger partial charge in [0.1, 0.15) is 6.61 Å². The molecule has 0 spiro atoms. The second-order valence-corrected chi connectivity index (χ2v) is 6.32. The molecule has 0 unspecified atom stereocenters. The lowest BCUT2D eigenvalue weighted by Crippen LogP contribution is -2.28. The quantitative estimate of drug-likeness (QED) is 0.362. The molecular formula is C21H24ClNO4. The number of methoxy groups -OCH3 is 1. The Labute approximate surface area is 164 Å². The minimum atomic E-state index is -0.621. The van der Waals surface area contributed by atoms with Crippen LogP contribution in [0.4, 0.5) is 0 Å². The highest BCUT2D eigenvalue weighted by Gasteiger charge is 2.20. The van der Waals surface area contributed by atoms with Crippen molar-refractivity contribution in [3.63, 3.8) is 0 Å². The summed E-state index contributed by atoms with van der Waals surface area (Å²) in [5, 5.41) is 4.82. The standard InChI is InChI=1S/C21H24ClNO4/c1-4-26-20(21(24)25-3)13-16-8-7-10-17(12-16)15(2)23-27-14-18-9-5-6-11-19(18)22/h5-12,20H,4,13-14H2,1-3H3/b23-15+/t20-/m0/s1. The van der Waals surface area contributed by atoms with E-state index < -0.39 is 6.10 Å². The van der Waals surface area contributed by atoms with Crippen LogP contribution in [0.25, 0.3) is 0 Å². The Morgan fingerprint density at radius 3 is 2.67 bits per heavy atom. The van der Waals surface area contributed by atoms with Gasteiger partial charge in [0.05, 0.1) is 12.8 Å². The van der Waals surface area contributed by atoms with E-state index in [1.54, 1.807) is 0 Å². The molecule has 0 saturated heterocycles. The molecule has 0 fully saturated rings. The minimum absolute atomic E-state index is 0.297. The van der Waals surface area contributed by atoms with E-state index in [4.69, 9.17) is 25.9 Å². The van der Waals surface area contributed by atoms with E-state index >= 15 is 0 Å². The Kier molecular flexibility index (Phi) is 8.30. The van der Waals surface area contributed by atoms with Crippen molar-refractivity contribution < 1.29 is 19.1 Å². The van der Waals surface area contributed by atoms with E-state index in [0.29, 0.717) is 24.7 Å². The molecule has 2 aromatic carbocycles. The number of benzene rings is 2. The summed E-state index contributed by atoms with van der Waals surface area (Å²) in [6.45, 7) is 4.45. The van der Waals surface area contributed by atoms with Gasteiger partial charge in [-0.3, -0.25) is 0 Å². The zero-order chi connectivity index (χ0) is 19.6. The van der Waals surface area contributed by atoms with Crippen molar-refractivity contribution in [2.75, 3.05) is 13.7 Å². The van der Waals surface area contributed by atoms with Crippen LogP contribution >= 0.6 is 11.6 Å². The fourth-order valence-electron chi connectivity index (χ4n) is 2.55. The lowest BCUT2D eigenvalue weighted by Gasteiger charge is -2.15. The molecule has 0 bridgehead atoms. The second-order valence-electron chi connectivity index (χ2n) is 5.91. The summed E-state index contributed by atoms with van der Waals surface area (Å²) in [5.74, 6) is -0.379. The van der Waals surface area contributed by atoms with Gasteiger partial charge in [0, 0.05) is 23.6 Å². The monoisotopic (exact) mass is 389 g/mol. The van der Waals surface area contributed by atoms with Crippen molar-refractivity contribution in [3.05, 3.63) is 70.2 Å². The van der Waals surface area contributed by atoms with Crippen LogP contribution in [-0.4, -0.2) is 31.5 Å². The van der Waals surface area contributed by atoms with Crippen LogP contribution in [0, 0.1) is 0 Å². The van der Waals surface area contributed by atoms with Gasteiger partial charge in [-0.05, 0) is 37.1 Å². The minimum Gasteiger partial charge on any atom is -0.467 e. The number of carbonyl (C=O) groups excluding carboxylic acids is 1. The van der Waals surface area contributed by atoms with Crippen molar-refractivity contribution >= 4 is 23.3 Å². The van der Waals surface area contributed by atoms with Crippen LogP contribution in [-0.2, 0) is 32.1 Å². The number of hydrogen-bond acceptors (Lipinski definition) is 5. The number of oxime groups is 1. The topological polar surface area (TPSA) is 57.1 Å². The average molecular weight is 390 g/mol. The molecule has 0 aromatic heterocycles. The molecule has 0 N–H and O–H groups in total. The van der Waals surface area contributed by atoms with Crippen LogP contribution in [0.1, 0.15) is 30.5 Å². The van der Waals surface area contributed by atoms with E-state index in [1.807, 2.05) is 62.4 Å². The molecule has 1 atom stereocenters. The lowest BCUT2D eigenvalue weighted by molar-refractivity contribution is -0.153. The van der Waals surface area contributed by atoms with Gasteiger partial charge in [0.2, 0.25) is 0 Å². The summed E-state index contributed by atoms with van der Waals surface area (Å²) in [6, 6.07) is 15.2. The summed E-state index contributed by atoms with van der Waals surface area (Å²) in [7, 11) is 1.36. The molecule has 0 amide bonds. The maximum atomic E-state index is 11.8. The van der Waals surface area contributed by atoms with Crippen LogP contribution in [0.5, 0.6) is 0 Å². The molecule has 0 aliphatic carbocycles. The van der Waals surface area contributed by atoms with Crippen LogP contribution < -0.4 is 0 Å². The zero-order valence-corrected chi connectivity index (χ0v) is 16.5. The predicted molar refractivity (Wildman–Crippen MR) is 106 cm³/mol. The molecule has 0 aliphatic heterocycles. The molecule has 0 heterocycles. The number of ether oxygens (including phenoxy) is 2.